The van der Waals surface area contributed by atoms with Crippen molar-refractivity contribution < 1.29 is 9.47 Å². The second-order valence-corrected chi connectivity index (χ2v) is 3.32. The minimum atomic E-state index is 0.723. The number of rotatable bonds is 3. The van der Waals surface area contributed by atoms with Gasteiger partial charge in [0.15, 0.2) is 11.5 Å². The molecule has 0 N–H and O–H groups in total. The van der Waals surface area contributed by atoms with Crippen LogP contribution in [-0.2, 0) is 6.42 Å². The summed E-state index contributed by atoms with van der Waals surface area (Å²) in [5.74, 6) is 1.45. The summed E-state index contributed by atoms with van der Waals surface area (Å²) in [4.78, 5) is 0. The lowest BCUT2D eigenvalue weighted by Crippen LogP contribution is -1.94. The van der Waals surface area contributed by atoms with Crippen LogP contribution in [0.15, 0.2) is 16.6 Å². The molecule has 0 aromatic heterocycles. The van der Waals surface area contributed by atoms with Gasteiger partial charge in [0, 0.05) is 0 Å². The molecule has 0 spiro atoms. The zero-order valence-electron chi connectivity index (χ0n) is 7.76. The molecule has 0 saturated carbocycles. The largest absolute Gasteiger partial charge is 0.493 e. The molecular formula is C10H12BrO2. The van der Waals surface area contributed by atoms with E-state index in [0.717, 1.165) is 28.0 Å². The number of ether oxygens (including phenoxy) is 2. The van der Waals surface area contributed by atoms with Crippen LogP contribution in [0.25, 0.3) is 0 Å². The molecule has 0 fully saturated rings. The van der Waals surface area contributed by atoms with Crippen molar-refractivity contribution in [3.63, 3.8) is 0 Å². The third-order valence-electron chi connectivity index (χ3n) is 1.83. The van der Waals surface area contributed by atoms with Gasteiger partial charge in [-0.15, -0.1) is 0 Å². The van der Waals surface area contributed by atoms with E-state index in [4.69, 9.17) is 9.47 Å². The Morgan fingerprint density at radius 3 is 2.46 bits per heavy atom. The fraction of sp³-hybridized carbons (Fsp3) is 0.300. The van der Waals surface area contributed by atoms with Crippen LogP contribution in [0.5, 0.6) is 11.5 Å². The van der Waals surface area contributed by atoms with E-state index < -0.39 is 0 Å². The molecule has 13 heavy (non-hydrogen) atoms. The lowest BCUT2D eigenvalue weighted by Gasteiger charge is -2.11. The van der Waals surface area contributed by atoms with E-state index in [9.17, 15) is 0 Å². The Morgan fingerprint density at radius 1 is 1.31 bits per heavy atom. The molecule has 0 unspecified atom stereocenters. The van der Waals surface area contributed by atoms with Crippen LogP contribution in [0, 0.1) is 6.92 Å². The second-order valence-electron chi connectivity index (χ2n) is 2.52. The molecule has 0 saturated heterocycles. The molecule has 0 aliphatic heterocycles. The SMILES string of the molecule is [CH2]Cc1ccc(OC)c(OC)c1Br. The highest BCUT2D eigenvalue weighted by Gasteiger charge is 2.10. The smallest absolute Gasteiger partial charge is 0.175 e. The summed E-state index contributed by atoms with van der Waals surface area (Å²) in [5.41, 5.74) is 1.11. The summed E-state index contributed by atoms with van der Waals surface area (Å²) in [6, 6.07) is 3.85. The van der Waals surface area contributed by atoms with Crippen LogP contribution in [0.1, 0.15) is 5.56 Å². The Morgan fingerprint density at radius 2 is 2.00 bits per heavy atom. The Hall–Kier alpha value is -0.700. The van der Waals surface area contributed by atoms with Crippen molar-refractivity contribution in [2.24, 2.45) is 0 Å². The first-order valence-corrected chi connectivity index (χ1v) is 4.72. The van der Waals surface area contributed by atoms with E-state index in [0.29, 0.717) is 0 Å². The zero-order valence-corrected chi connectivity index (χ0v) is 9.35. The van der Waals surface area contributed by atoms with E-state index in [1.807, 2.05) is 12.1 Å². The highest BCUT2D eigenvalue weighted by Crippen LogP contribution is 2.37. The number of benzene rings is 1. The average molecular weight is 244 g/mol. The Bertz CT molecular complexity index is 297. The Kier molecular flexibility index (Phi) is 3.60. The van der Waals surface area contributed by atoms with E-state index in [2.05, 4.69) is 22.9 Å². The normalized spacial score (nSPS) is 9.85. The van der Waals surface area contributed by atoms with Crippen LogP contribution >= 0.6 is 15.9 Å². The minimum absolute atomic E-state index is 0.723. The average Bonchev–Trinajstić information content (AvgIpc) is 2.17. The second kappa shape index (κ2) is 4.51. The van der Waals surface area contributed by atoms with Crippen LogP contribution in [0.2, 0.25) is 0 Å². The summed E-state index contributed by atoms with van der Waals surface area (Å²) in [6.07, 6.45) is 0.723. The molecular weight excluding hydrogens is 232 g/mol. The summed E-state index contributed by atoms with van der Waals surface area (Å²) in [7, 11) is 3.24. The van der Waals surface area contributed by atoms with Crippen molar-refractivity contribution in [1.82, 2.24) is 0 Å². The van der Waals surface area contributed by atoms with Gasteiger partial charge in [-0.25, -0.2) is 0 Å². The minimum Gasteiger partial charge on any atom is -0.493 e. The topological polar surface area (TPSA) is 18.5 Å². The molecule has 1 aromatic carbocycles. The summed E-state index contributed by atoms with van der Waals surface area (Å²) in [6.45, 7) is 3.82. The van der Waals surface area contributed by atoms with Crippen LogP contribution in [0.3, 0.4) is 0 Å². The van der Waals surface area contributed by atoms with Gasteiger partial charge in [0.1, 0.15) is 0 Å². The molecule has 1 radical (unpaired) electrons. The molecule has 0 amide bonds. The number of halogens is 1. The van der Waals surface area contributed by atoms with Gasteiger partial charge < -0.3 is 9.47 Å². The van der Waals surface area contributed by atoms with Gasteiger partial charge in [0.05, 0.1) is 18.7 Å². The fourth-order valence-electron chi connectivity index (χ4n) is 1.12. The summed E-state index contributed by atoms with van der Waals surface area (Å²) >= 11 is 3.45. The quantitative estimate of drug-likeness (QED) is 0.813. The number of methoxy groups -OCH3 is 2. The van der Waals surface area contributed by atoms with Gasteiger partial charge in [0.2, 0.25) is 0 Å². The van der Waals surface area contributed by atoms with Crippen molar-refractivity contribution in [3.8, 4) is 11.5 Å². The maximum atomic E-state index is 5.21. The predicted octanol–water partition coefficient (Wildman–Crippen LogP) is 2.84. The first-order chi connectivity index (χ1) is 6.24. The van der Waals surface area contributed by atoms with Crippen molar-refractivity contribution in [2.45, 2.75) is 6.42 Å². The highest BCUT2D eigenvalue weighted by atomic mass is 79.9. The van der Waals surface area contributed by atoms with Gasteiger partial charge in [-0.05, 0) is 40.9 Å². The van der Waals surface area contributed by atoms with Gasteiger partial charge >= 0.3 is 0 Å². The lowest BCUT2D eigenvalue weighted by atomic mass is 10.1. The molecule has 0 heterocycles. The predicted molar refractivity (Wildman–Crippen MR) is 56.3 cm³/mol. The summed E-state index contributed by atoms with van der Waals surface area (Å²) in [5, 5.41) is 0. The summed E-state index contributed by atoms with van der Waals surface area (Å²) < 4.78 is 11.3. The Balaban J connectivity index is 3.23. The van der Waals surface area contributed by atoms with Crippen molar-refractivity contribution in [2.75, 3.05) is 14.2 Å². The van der Waals surface area contributed by atoms with Crippen LogP contribution < -0.4 is 9.47 Å². The van der Waals surface area contributed by atoms with Crippen LogP contribution in [0.4, 0.5) is 0 Å². The molecule has 0 aliphatic rings. The molecule has 0 bridgehead atoms. The van der Waals surface area contributed by atoms with E-state index in [1.54, 1.807) is 14.2 Å². The van der Waals surface area contributed by atoms with E-state index in [-0.39, 0.29) is 0 Å². The molecule has 1 aromatic rings. The molecule has 2 nitrogen and oxygen atoms in total. The van der Waals surface area contributed by atoms with Crippen molar-refractivity contribution in [1.29, 1.82) is 0 Å². The van der Waals surface area contributed by atoms with Gasteiger partial charge in [0.25, 0.3) is 0 Å². The lowest BCUT2D eigenvalue weighted by molar-refractivity contribution is 0.352. The Labute approximate surface area is 87.0 Å². The number of hydrogen-bond donors (Lipinski definition) is 0. The van der Waals surface area contributed by atoms with Gasteiger partial charge in [-0.2, -0.15) is 0 Å². The molecule has 0 aliphatic carbocycles. The standard InChI is InChI=1S/C10H12BrO2/c1-4-7-5-6-8(12-2)10(13-3)9(7)11/h5-6H,1,4H2,2-3H3. The maximum Gasteiger partial charge on any atom is 0.175 e. The first kappa shape index (κ1) is 10.4. The molecule has 3 heteroatoms. The third kappa shape index (κ3) is 1.97. The first-order valence-electron chi connectivity index (χ1n) is 3.93. The molecule has 71 valence electrons. The van der Waals surface area contributed by atoms with E-state index >= 15 is 0 Å². The highest BCUT2D eigenvalue weighted by molar-refractivity contribution is 9.10. The van der Waals surface area contributed by atoms with Crippen molar-refractivity contribution >= 4 is 15.9 Å². The zero-order chi connectivity index (χ0) is 9.84. The van der Waals surface area contributed by atoms with E-state index in [1.165, 1.54) is 0 Å². The number of hydrogen-bond acceptors (Lipinski definition) is 2. The fourth-order valence-corrected chi connectivity index (χ4v) is 1.81. The monoisotopic (exact) mass is 243 g/mol. The maximum absolute atomic E-state index is 5.21. The third-order valence-corrected chi connectivity index (χ3v) is 2.70. The molecule has 1 rings (SSSR count). The van der Waals surface area contributed by atoms with Gasteiger partial charge in [-0.3, -0.25) is 0 Å². The van der Waals surface area contributed by atoms with Crippen LogP contribution in [-0.4, -0.2) is 14.2 Å². The van der Waals surface area contributed by atoms with Crippen molar-refractivity contribution in [3.05, 3.63) is 29.1 Å². The molecule has 0 atom stereocenters. The van der Waals surface area contributed by atoms with Gasteiger partial charge in [-0.1, -0.05) is 6.07 Å².